The number of halogens is 2. The standard InChI is InChI=1S/C27H21ClFNO5/c1-14-11-16-12-15(7-10-21(16)35-14)25(31)23-24(18-5-3-4-6-22(18)34-2)30(27(33)26(23)32)17-8-9-20(29)19(28)13-17/h3-10,12-14,24,31H,11H2,1-2H3/b25-23+. The van der Waals surface area contributed by atoms with Gasteiger partial charge in [0.25, 0.3) is 11.7 Å². The Morgan fingerprint density at radius 2 is 1.91 bits per heavy atom. The molecule has 1 N–H and O–H groups in total. The topological polar surface area (TPSA) is 76.1 Å². The van der Waals surface area contributed by atoms with Crippen LogP contribution in [0.1, 0.15) is 29.7 Å². The predicted octanol–water partition coefficient (Wildman–Crippen LogP) is 5.44. The zero-order valence-electron chi connectivity index (χ0n) is 18.9. The molecule has 2 aliphatic rings. The van der Waals surface area contributed by atoms with Crippen molar-refractivity contribution in [3.05, 3.63) is 93.8 Å². The second-order valence-corrected chi connectivity index (χ2v) is 8.87. The molecule has 2 unspecified atom stereocenters. The Bertz CT molecular complexity index is 1400. The normalized spacial score (nSPS) is 20.6. The molecule has 0 aromatic heterocycles. The van der Waals surface area contributed by atoms with Gasteiger partial charge in [-0.15, -0.1) is 0 Å². The molecule has 1 fully saturated rings. The minimum Gasteiger partial charge on any atom is -0.507 e. The van der Waals surface area contributed by atoms with Gasteiger partial charge in [0, 0.05) is 23.2 Å². The first kappa shape index (κ1) is 22.9. The third-order valence-corrected chi connectivity index (χ3v) is 6.52. The van der Waals surface area contributed by atoms with E-state index in [0.29, 0.717) is 23.3 Å². The molecule has 6 nitrogen and oxygen atoms in total. The van der Waals surface area contributed by atoms with Crippen LogP contribution in [0.25, 0.3) is 5.76 Å². The van der Waals surface area contributed by atoms with Gasteiger partial charge in [-0.25, -0.2) is 4.39 Å². The van der Waals surface area contributed by atoms with E-state index in [1.165, 1.54) is 24.1 Å². The lowest BCUT2D eigenvalue weighted by Gasteiger charge is -2.26. The Morgan fingerprint density at radius 1 is 1.14 bits per heavy atom. The molecule has 2 heterocycles. The van der Waals surface area contributed by atoms with Crippen LogP contribution < -0.4 is 14.4 Å². The lowest BCUT2D eigenvalue weighted by molar-refractivity contribution is -0.132. The molecule has 35 heavy (non-hydrogen) atoms. The number of hydrogen-bond donors (Lipinski definition) is 1. The van der Waals surface area contributed by atoms with E-state index < -0.39 is 23.5 Å². The highest BCUT2D eigenvalue weighted by molar-refractivity contribution is 6.52. The Morgan fingerprint density at radius 3 is 2.66 bits per heavy atom. The fourth-order valence-electron chi connectivity index (χ4n) is 4.65. The van der Waals surface area contributed by atoms with Crippen molar-refractivity contribution < 1.29 is 28.6 Å². The van der Waals surface area contributed by atoms with Crippen LogP contribution in [0.4, 0.5) is 10.1 Å². The highest BCUT2D eigenvalue weighted by Crippen LogP contribution is 2.45. The monoisotopic (exact) mass is 493 g/mol. The number of carbonyl (C=O) groups is 2. The zero-order valence-corrected chi connectivity index (χ0v) is 19.7. The number of nitrogens with zero attached hydrogens (tertiary/aromatic N) is 1. The number of ether oxygens (including phenoxy) is 2. The molecule has 8 heteroatoms. The van der Waals surface area contributed by atoms with E-state index in [-0.39, 0.29) is 28.1 Å². The zero-order chi connectivity index (χ0) is 24.9. The van der Waals surface area contributed by atoms with E-state index in [0.717, 1.165) is 17.4 Å². The summed E-state index contributed by atoms with van der Waals surface area (Å²) in [5.74, 6) is -1.59. The van der Waals surface area contributed by atoms with Crippen LogP contribution in [-0.4, -0.2) is 30.0 Å². The number of amides is 1. The van der Waals surface area contributed by atoms with Gasteiger partial charge >= 0.3 is 0 Å². The fourth-order valence-corrected chi connectivity index (χ4v) is 4.82. The van der Waals surface area contributed by atoms with Crippen molar-refractivity contribution in [3.8, 4) is 11.5 Å². The third-order valence-electron chi connectivity index (χ3n) is 6.23. The van der Waals surface area contributed by atoms with E-state index in [1.54, 1.807) is 42.5 Å². The predicted molar refractivity (Wildman–Crippen MR) is 129 cm³/mol. The van der Waals surface area contributed by atoms with Gasteiger partial charge in [0.1, 0.15) is 29.2 Å². The van der Waals surface area contributed by atoms with Crippen molar-refractivity contribution in [2.45, 2.75) is 25.5 Å². The molecule has 0 spiro atoms. The molecule has 0 radical (unpaired) electrons. The molecule has 1 saturated heterocycles. The molecule has 0 bridgehead atoms. The average molecular weight is 494 g/mol. The molecule has 1 amide bonds. The van der Waals surface area contributed by atoms with Gasteiger partial charge in [-0.05, 0) is 55.0 Å². The highest BCUT2D eigenvalue weighted by atomic mass is 35.5. The Kier molecular flexibility index (Phi) is 5.73. The number of ketones is 1. The summed E-state index contributed by atoms with van der Waals surface area (Å²) in [7, 11) is 1.47. The van der Waals surface area contributed by atoms with Crippen LogP contribution in [0.5, 0.6) is 11.5 Å². The lowest BCUT2D eigenvalue weighted by Crippen LogP contribution is -2.29. The van der Waals surface area contributed by atoms with Gasteiger partial charge in [-0.1, -0.05) is 29.8 Å². The first-order valence-electron chi connectivity index (χ1n) is 11.0. The summed E-state index contributed by atoms with van der Waals surface area (Å²) in [4.78, 5) is 27.8. The molecule has 178 valence electrons. The number of fused-ring (bicyclic) bond motifs is 1. The summed E-state index contributed by atoms with van der Waals surface area (Å²) in [5, 5.41) is 11.2. The molecular weight excluding hydrogens is 473 g/mol. The number of rotatable bonds is 4. The number of aliphatic hydroxyl groups is 1. The van der Waals surface area contributed by atoms with E-state index >= 15 is 0 Å². The Balaban J connectivity index is 1.73. The summed E-state index contributed by atoms with van der Waals surface area (Å²) in [6, 6.07) is 14.8. The molecule has 0 saturated carbocycles. The van der Waals surface area contributed by atoms with Gasteiger partial charge < -0.3 is 14.6 Å². The van der Waals surface area contributed by atoms with Gasteiger partial charge in [0.05, 0.1) is 23.7 Å². The van der Waals surface area contributed by atoms with Gasteiger partial charge in [-0.2, -0.15) is 0 Å². The summed E-state index contributed by atoms with van der Waals surface area (Å²) < 4.78 is 25.1. The van der Waals surface area contributed by atoms with Crippen LogP contribution in [-0.2, 0) is 16.0 Å². The summed E-state index contributed by atoms with van der Waals surface area (Å²) in [5.41, 5.74) is 1.87. The van der Waals surface area contributed by atoms with Crippen molar-refractivity contribution >= 4 is 34.7 Å². The lowest BCUT2D eigenvalue weighted by atomic mass is 9.93. The third kappa shape index (κ3) is 3.82. The second-order valence-electron chi connectivity index (χ2n) is 8.46. The van der Waals surface area contributed by atoms with Crippen molar-refractivity contribution in [3.63, 3.8) is 0 Å². The quantitative estimate of drug-likeness (QED) is 0.297. The molecule has 0 aliphatic carbocycles. The molecule has 2 atom stereocenters. The maximum atomic E-state index is 13.9. The van der Waals surface area contributed by atoms with Crippen LogP contribution in [0.3, 0.4) is 0 Å². The number of anilines is 1. The fraction of sp³-hybridized carbons (Fsp3) is 0.185. The number of para-hydroxylation sites is 1. The van der Waals surface area contributed by atoms with Crippen molar-refractivity contribution in [1.29, 1.82) is 0 Å². The summed E-state index contributed by atoms with van der Waals surface area (Å²) in [6.45, 7) is 1.95. The van der Waals surface area contributed by atoms with Crippen LogP contribution in [0.15, 0.2) is 66.2 Å². The Hall–Kier alpha value is -3.84. The van der Waals surface area contributed by atoms with Crippen molar-refractivity contribution in [1.82, 2.24) is 0 Å². The first-order valence-corrected chi connectivity index (χ1v) is 11.4. The maximum Gasteiger partial charge on any atom is 0.300 e. The average Bonchev–Trinajstić information content (AvgIpc) is 3.35. The van der Waals surface area contributed by atoms with E-state index in [4.69, 9.17) is 21.1 Å². The largest absolute Gasteiger partial charge is 0.507 e. The molecule has 3 aromatic rings. The van der Waals surface area contributed by atoms with Crippen LogP contribution in [0, 0.1) is 5.82 Å². The smallest absolute Gasteiger partial charge is 0.300 e. The van der Waals surface area contributed by atoms with Gasteiger partial charge in [0.2, 0.25) is 0 Å². The molecule has 5 rings (SSSR count). The second kappa shape index (κ2) is 8.74. The van der Waals surface area contributed by atoms with Crippen LogP contribution >= 0.6 is 11.6 Å². The number of methoxy groups -OCH3 is 1. The molecule has 3 aromatic carbocycles. The van der Waals surface area contributed by atoms with Crippen LogP contribution in [0.2, 0.25) is 5.02 Å². The number of aliphatic hydroxyl groups excluding tert-OH is 1. The molecule has 2 aliphatic heterocycles. The maximum absolute atomic E-state index is 13.9. The number of hydrogen-bond acceptors (Lipinski definition) is 5. The SMILES string of the molecule is COc1ccccc1C1/C(=C(\O)c2ccc3c(c2)CC(C)O3)C(=O)C(=O)N1c1ccc(F)c(Cl)c1. The van der Waals surface area contributed by atoms with E-state index in [1.807, 2.05) is 6.92 Å². The number of Topliss-reactive ketones (excluding diaryl/α,β-unsaturated/α-hetero) is 1. The Labute approximate surface area is 206 Å². The minimum absolute atomic E-state index is 0.00443. The summed E-state index contributed by atoms with van der Waals surface area (Å²) >= 11 is 5.99. The van der Waals surface area contributed by atoms with Crippen molar-refractivity contribution in [2.75, 3.05) is 12.0 Å². The summed E-state index contributed by atoms with van der Waals surface area (Å²) in [6.07, 6.45) is 0.666. The number of carbonyl (C=O) groups excluding carboxylic acids is 2. The van der Waals surface area contributed by atoms with E-state index in [9.17, 15) is 19.1 Å². The first-order chi connectivity index (χ1) is 16.8. The minimum atomic E-state index is -1.03. The highest BCUT2D eigenvalue weighted by Gasteiger charge is 2.48. The van der Waals surface area contributed by atoms with Crippen molar-refractivity contribution in [2.24, 2.45) is 0 Å². The number of benzene rings is 3. The van der Waals surface area contributed by atoms with E-state index in [2.05, 4.69) is 0 Å². The van der Waals surface area contributed by atoms with Gasteiger partial charge in [0.15, 0.2) is 0 Å². The molecular formula is C27H21ClFNO5. The van der Waals surface area contributed by atoms with Gasteiger partial charge in [-0.3, -0.25) is 14.5 Å².